The van der Waals surface area contributed by atoms with E-state index in [4.69, 9.17) is 16.9 Å². The fraction of sp³-hybridized carbons (Fsp3) is 0.0769. The average molecular weight is 308 g/mol. The van der Waals surface area contributed by atoms with Gasteiger partial charge in [-0.25, -0.2) is 13.4 Å². The van der Waals surface area contributed by atoms with E-state index in [-0.39, 0.29) is 5.75 Å². The Hall–Kier alpha value is -2.10. The maximum atomic E-state index is 12.0. The zero-order valence-electron chi connectivity index (χ0n) is 10.2. The summed E-state index contributed by atoms with van der Waals surface area (Å²) in [6.07, 6.45) is 1.35. The molecule has 0 unspecified atom stereocenters. The van der Waals surface area contributed by atoms with Gasteiger partial charge in [-0.05, 0) is 29.8 Å². The number of nitrogens with zero attached hydrogens (tertiary/aromatic N) is 2. The lowest BCUT2D eigenvalue weighted by Gasteiger charge is -2.07. The highest BCUT2D eigenvalue weighted by Gasteiger charge is 2.12. The first-order valence-electron chi connectivity index (χ1n) is 5.59. The van der Waals surface area contributed by atoms with Crippen LogP contribution in [0.1, 0.15) is 11.1 Å². The Morgan fingerprint density at radius 2 is 1.90 bits per heavy atom. The van der Waals surface area contributed by atoms with Crippen molar-refractivity contribution in [3.8, 4) is 6.07 Å². The van der Waals surface area contributed by atoms with Crippen molar-refractivity contribution in [2.75, 3.05) is 4.72 Å². The quantitative estimate of drug-likeness (QED) is 0.880. The summed E-state index contributed by atoms with van der Waals surface area (Å²) < 4.78 is 26.4. The smallest absolute Gasteiger partial charge is 0.236 e. The standard InChI is InChI=1S/C13H10ClN3O2S/c14-13-6-5-12(8-16-13)17-20(18,19)9-11-3-1-10(7-15)2-4-11/h1-6,8,17H,9H2. The lowest BCUT2D eigenvalue weighted by atomic mass is 10.2. The van der Waals surface area contributed by atoms with Gasteiger partial charge in [0, 0.05) is 0 Å². The minimum atomic E-state index is -3.54. The highest BCUT2D eigenvalue weighted by Crippen LogP contribution is 2.14. The molecule has 1 heterocycles. The third-order valence-corrected chi connectivity index (χ3v) is 3.92. The Morgan fingerprint density at radius 3 is 2.45 bits per heavy atom. The largest absolute Gasteiger partial charge is 0.282 e. The van der Waals surface area contributed by atoms with Crippen molar-refractivity contribution in [3.63, 3.8) is 0 Å². The Kier molecular flexibility index (Phi) is 4.23. The van der Waals surface area contributed by atoms with Crippen LogP contribution in [0.25, 0.3) is 0 Å². The van der Waals surface area contributed by atoms with Crippen molar-refractivity contribution < 1.29 is 8.42 Å². The molecule has 0 saturated carbocycles. The molecule has 0 fully saturated rings. The molecule has 0 spiro atoms. The number of hydrogen-bond acceptors (Lipinski definition) is 4. The predicted molar refractivity (Wildman–Crippen MR) is 76.7 cm³/mol. The zero-order valence-corrected chi connectivity index (χ0v) is 11.8. The number of halogens is 1. The van der Waals surface area contributed by atoms with Gasteiger partial charge in [-0.1, -0.05) is 23.7 Å². The van der Waals surface area contributed by atoms with E-state index >= 15 is 0 Å². The van der Waals surface area contributed by atoms with E-state index in [0.29, 0.717) is 22.0 Å². The Labute approximate surface area is 121 Å². The normalized spacial score (nSPS) is 10.8. The molecule has 1 N–H and O–H groups in total. The second-order valence-corrected chi connectivity index (χ2v) is 6.15. The summed E-state index contributed by atoms with van der Waals surface area (Å²) in [6.45, 7) is 0. The molecular weight excluding hydrogens is 298 g/mol. The average Bonchev–Trinajstić information content (AvgIpc) is 2.41. The Balaban J connectivity index is 2.10. The van der Waals surface area contributed by atoms with Crippen LogP contribution in [0, 0.1) is 11.3 Å². The van der Waals surface area contributed by atoms with Gasteiger partial charge in [-0.3, -0.25) is 4.72 Å². The first kappa shape index (κ1) is 14.3. The van der Waals surface area contributed by atoms with Crippen LogP contribution in [-0.4, -0.2) is 13.4 Å². The Morgan fingerprint density at radius 1 is 1.20 bits per heavy atom. The molecule has 0 atom stereocenters. The molecule has 1 aromatic heterocycles. The number of nitriles is 1. The van der Waals surface area contributed by atoms with Gasteiger partial charge < -0.3 is 0 Å². The number of hydrogen-bond donors (Lipinski definition) is 1. The highest BCUT2D eigenvalue weighted by atomic mass is 35.5. The summed E-state index contributed by atoms with van der Waals surface area (Å²) in [7, 11) is -3.54. The monoisotopic (exact) mass is 307 g/mol. The number of benzene rings is 1. The number of rotatable bonds is 4. The van der Waals surface area contributed by atoms with Crippen LogP contribution >= 0.6 is 11.6 Å². The molecule has 1 aromatic carbocycles. The third-order valence-electron chi connectivity index (χ3n) is 2.44. The maximum absolute atomic E-state index is 12.0. The summed E-state index contributed by atoms with van der Waals surface area (Å²) in [6, 6.07) is 11.4. The molecule has 0 aliphatic heterocycles. The van der Waals surface area contributed by atoms with Gasteiger partial charge in [0.15, 0.2) is 0 Å². The topological polar surface area (TPSA) is 82.8 Å². The molecule has 2 aromatic rings. The third kappa shape index (κ3) is 3.95. The summed E-state index contributed by atoms with van der Waals surface area (Å²) in [5.74, 6) is -0.179. The summed E-state index contributed by atoms with van der Waals surface area (Å²) >= 11 is 5.63. The van der Waals surface area contributed by atoms with Crippen LogP contribution < -0.4 is 4.72 Å². The second kappa shape index (κ2) is 5.90. The van der Waals surface area contributed by atoms with Crippen molar-refractivity contribution >= 4 is 27.3 Å². The van der Waals surface area contributed by atoms with E-state index in [2.05, 4.69) is 9.71 Å². The molecule has 0 saturated heterocycles. The number of aromatic nitrogens is 1. The van der Waals surface area contributed by atoms with Gasteiger partial charge >= 0.3 is 0 Å². The van der Waals surface area contributed by atoms with Gasteiger partial charge in [0.2, 0.25) is 10.0 Å². The van der Waals surface area contributed by atoms with E-state index in [1.807, 2.05) is 6.07 Å². The van der Waals surface area contributed by atoms with Crippen molar-refractivity contribution in [2.45, 2.75) is 5.75 Å². The first-order valence-corrected chi connectivity index (χ1v) is 7.63. The van der Waals surface area contributed by atoms with E-state index in [0.717, 1.165) is 0 Å². The maximum Gasteiger partial charge on any atom is 0.236 e. The molecule has 102 valence electrons. The van der Waals surface area contributed by atoms with Gasteiger partial charge in [0.25, 0.3) is 0 Å². The Bertz CT molecular complexity index is 735. The zero-order chi connectivity index (χ0) is 14.6. The van der Waals surface area contributed by atoms with Crippen LogP contribution in [-0.2, 0) is 15.8 Å². The summed E-state index contributed by atoms with van der Waals surface area (Å²) in [5, 5.41) is 8.97. The van der Waals surface area contributed by atoms with Crippen LogP contribution in [0.2, 0.25) is 5.15 Å². The van der Waals surface area contributed by atoms with Gasteiger partial charge in [-0.15, -0.1) is 0 Å². The van der Waals surface area contributed by atoms with Crippen LogP contribution in [0.15, 0.2) is 42.6 Å². The second-order valence-electron chi connectivity index (χ2n) is 4.04. The summed E-state index contributed by atoms with van der Waals surface area (Å²) in [5.41, 5.74) is 1.43. The van der Waals surface area contributed by atoms with Crippen LogP contribution in [0.4, 0.5) is 5.69 Å². The molecule has 2 rings (SSSR count). The van der Waals surface area contributed by atoms with E-state index in [1.165, 1.54) is 18.3 Å². The fourth-order valence-electron chi connectivity index (χ4n) is 1.55. The van der Waals surface area contributed by atoms with Crippen molar-refractivity contribution in [2.24, 2.45) is 0 Å². The minimum absolute atomic E-state index is 0.179. The first-order chi connectivity index (χ1) is 9.48. The van der Waals surface area contributed by atoms with Crippen molar-refractivity contribution in [1.82, 2.24) is 4.98 Å². The molecule has 7 heteroatoms. The lowest BCUT2D eigenvalue weighted by Crippen LogP contribution is -2.15. The van der Waals surface area contributed by atoms with Crippen LogP contribution in [0.3, 0.4) is 0 Å². The van der Waals surface area contributed by atoms with Gasteiger partial charge in [0.05, 0.1) is 29.3 Å². The molecule has 20 heavy (non-hydrogen) atoms. The van der Waals surface area contributed by atoms with Gasteiger partial charge in [0.1, 0.15) is 5.15 Å². The van der Waals surface area contributed by atoms with E-state index < -0.39 is 10.0 Å². The predicted octanol–water partition coefficient (Wildman–Crippen LogP) is 2.55. The SMILES string of the molecule is N#Cc1ccc(CS(=O)(=O)Nc2ccc(Cl)nc2)cc1. The fourth-order valence-corrected chi connectivity index (χ4v) is 2.84. The molecule has 0 amide bonds. The molecule has 5 nitrogen and oxygen atoms in total. The minimum Gasteiger partial charge on any atom is -0.282 e. The van der Waals surface area contributed by atoms with Crippen molar-refractivity contribution in [3.05, 3.63) is 58.9 Å². The molecular formula is C13H10ClN3O2S. The van der Waals surface area contributed by atoms with Gasteiger partial charge in [-0.2, -0.15) is 5.26 Å². The number of sulfonamides is 1. The number of pyridine rings is 1. The molecule has 0 bridgehead atoms. The molecule has 0 radical (unpaired) electrons. The highest BCUT2D eigenvalue weighted by molar-refractivity contribution is 7.91. The lowest BCUT2D eigenvalue weighted by molar-refractivity contribution is 0.600. The number of anilines is 1. The number of nitrogens with one attached hydrogen (secondary N) is 1. The molecule has 0 aliphatic rings. The van der Waals surface area contributed by atoms with Crippen molar-refractivity contribution in [1.29, 1.82) is 5.26 Å². The van der Waals surface area contributed by atoms with Crippen LogP contribution in [0.5, 0.6) is 0 Å². The van der Waals surface area contributed by atoms with E-state index in [1.54, 1.807) is 24.3 Å². The summed E-state index contributed by atoms with van der Waals surface area (Å²) in [4.78, 5) is 3.80. The molecule has 0 aliphatic carbocycles. The van der Waals surface area contributed by atoms with E-state index in [9.17, 15) is 8.42 Å².